The second-order valence-corrected chi connectivity index (χ2v) is 4.83. The van der Waals surface area contributed by atoms with Crippen molar-refractivity contribution in [1.29, 1.82) is 0 Å². The SMILES string of the molecule is NNC(=O)C1(c2ccc3c(c2)CCO3)CCC1. The number of fused-ring (bicyclic) bond motifs is 1. The summed E-state index contributed by atoms with van der Waals surface area (Å²) < 4.78 is 5.48. The van der Waals surface area contributed by atoms with Crippen molar-refractivity contribution in [1.82, 2.24) is 5.43 Å². The molecule has 17 heavy (non-hydrogen) atoms. The highest BCUT2D eigenvalue weighted by atomic mass is 16.5. The van der Waals surface area contributed by atoms with Gasteiger partial charge in [0.15, 0.2) is 0 Å². The monoisotopic (exact) mass is 232 g/mol. The standard InChI is InChI=1S/C13H16N2O2/c14-15-12(16)13(5-1-6-13)10-2-3-11-9(8-10)4-7-17-11/h2-3,8H,1,4-7,14H2,(H,15,16). The topological polar surface area (TPSA) is 64.3 Å². The van der Waals surface area contributed by atoms with E-state index in [0.29, 0.717) is 0 Å². The Hall–Kier alpha value is -1.55. The van der Waals surface area contributed by atoms with Gasteiger partial charge in [-0.05, 0) is 30.0 Å². The lowest BCUT2D eigenvalue weighted by atomic mass is 9.63. The van der Waals surface area contributed by atoms with Gasteiger partial charge in [-0.2, -0.15) is 0 Å². The molecule has 1 aromatic carbocycles. The number of benzene rings is 1. The van der Waals surface area contributed by atoms with Gasteiger partial charge in [0.2, 0.25) is 5.91 Å². The average Bonchev–Trinajstić information content (AvgIpc) is 2.74. The number of carbonyl (C=O) groups excluding carboxylic acids is 1. The molecule has 0 saturated heterocycles. The van der Waals surface area contributed by atoms with Crippen molar-refractivity contribution in [3.05, 3.63) is 29.3 Å². The Labute approximate surface area is 100 Å². The van der Waals surface area contributed by atoms with E-state index >= 15 is 0 Å². The predicted molar refractivity (Wildman–Crippen MR) is 63.5 cm³/mol. The van der Waals surface area contributed by atoms with Crippen LogP contribution in [0.3, 0.4) is 0 Å². The van der Waals surface area contributed by atoms with Crippen LogP contribution in [0.5, 0.6) is 5.75 Å². The molecule has 1 amide bonds. The fourth-order valence-corrected chi connectivity index (χ4v) is 2.80. The number of amides is 1. The van der Waals surface area contributed by atoms with E-state index < -0.39 is 5.41 Å². The summed E-state index contributed by atoms with van der Waals surface area (Å²) in [7, 11) is 0. The molecular formula is C13H16N2O2. The van der Waals surface area contributed by atoms with Gasteiger partial charge < -0.3 is 4.74 Å². The van der Waals surface area contributed by atoms with Gasteiger partial charge in [-0.3, -0.25) is 10.2 Å². The predicted octanol–water partition coefficient (Wildman–Crippen LogP) is 1.03. The summed E-state index contributed by atoms with van der Waals surface area (Å²) in [6.07, 6.45) is 3.79. The highest BCUT2D eigenvalue weighted by Crippen LogP contribution is 2.45. The van der Waals surface area contributed by atoms with E-state index in [-0.39, 0.29) is 5.91 Å². The number of hydrogen-bond acceptors (Lipinski definition) is 3. The Balaban J connectivity index is 2.00. The van der Waals surface area contributed by atoms with Gasteiger partial charge in [0.25, 0.3) is 0 Å². The van der Waals surface area contributed by atoms with Gasteiger partial charge >= 0.3 is 0 Å². The minimum Gasteiger partial charge on any atom is -0.493 e. The van der Waals surface area contributed by atoms with Crippen LogP contribution in [-0.2, 0) is 16.6 Å². The summed E-state index contributed by atoms with van der Waals surface area (Å²) in [5.74, 6) is 6.18. The van der Waals surface area contributed by atoms with Crippen molar-refractivity contribution in [2.24, 2.45) is 5.84 Å². The van der Waals surface area contributed by atoms with E-state index in [1.807, 2.05) is 12.1 Å². The first kappa shape index (κ1) is 10.6. The molecule has 4 nitrogen and oxygen atoms in total. The van der Waals surface area contributed by atoms with Crippen LogP contribution in [0.15, 0.2) is 18.2 Å². The second kappa shape index (κ2) is 3.74. The van der Waals surface area contributed by atoms with Crippen molar-refractivity contribution in [2.45, 2.75) is 31.1 Å². The Kier molecular flexibility index (Phi) is 2.33. The maximum atomic E-state index is 11.9. The Bertz CT molecular complexity index is 466. The number of hydrazine groups is 1. The van der Waals surface area contributed by atoms with Gasteiger partial charge in [-0.15, -0.1) is 0 Å². The van der Waals surface area contributed by atoms with Gasteiger partial charge in [-0.25, -0.2) is 5.84 Å². The van der Waals surface area contributed by atoms with Crippen molar-refractivity contribution < 1.29 is 9.53 Å². The normalized spacial score (nSPS) is 20.1. The third-order valence-corrected chi connectivity index (χ3v) is 4.01. The molecule has 0 radical (unpaired) electrons. The largest absolute Gasteiger partial charge is 0.493 e. The van der Waals surface area contributed by atoms with Crippen LogP contribution >= 0.6 is 0 Å². The molecule has 1 saturated carbocycles. The quantitative estimate of drug-likeness (QED) is 0.455. The van der Waals surface area contributed by atoms with Crippen molar-refractivity contribution in [2.75, 3.05) is 6.61 Å². The fraction of sp³-hybridized carbons (Fsp3) is 0.462. The first-order valence-electron chi connectivity index (χ1n) is 6.03. The van der Waals surface area contributed by atoms with E-state index in [4.69, 9.17) is 10.6 Å². The minimum absolute atomic E-state index is 0.0670. The van der Waals surface area contributed by atoms with E-state index in [1.165, 1.54) is 5.56 Å². The van der Waals surface area contributed by atoms with Crippen LogP contribution in [-0.4, -0.2) is 12.5 Å². The molecule has 3 rings (SSSR count). The molecule has 1 aromatic rings. The van der Waals surface area contributed by atoms with Crippen molar-refractivity contribution in [3.63, 3.8) is 0 Å². The molecule has 90 valence electrons. The Morgan fingerprint density at radius 2 is 2.24 bits per heavy atom. The lowest BCUT2D eigenvalue weighted by Gasteiger charge is -2.40. The number of carbonyl (C=O) groups is 1. The summed E-state index contributed by atoms with van der Waals surface area (Å²) in [5, 5.41) is 0. The number of ether oxygens (including phenoxy) is 1. The van der Waals surface area contributed by atoms with Gasteiger partial charge in [-0.1, -0.05) is 18.6 Å². The zero-order chi connectivity index (χ0) is 11.9. The van der Waals surface area contributed by atoms with Crippen molar-refractivity contribution in [3.8, 4) is 5.75 Å². The molecule has 3 N–H and O–H groups in total. The number of nitrogens with two attached hydrogens (primary N) is 1. The van der Waals surface area contributed by atoms with Crippen LogP contribution in [0.4, 0.5) is 0 Å². The molecule has 1 heterocycles. The van der Waals surface area contributed by atoms with Crippen LogP contribution in [0.2, 0.25) is 0 Å². The third kappa shape index (κ3) is 1.44. The molecule has 0 atom stereocenters. The van der Waals surface area contributed by atoms with Crippen molar-refractivity contribution >= 4 is 5.91 Å². The van der Waals surface area contributed by atoms with E-state index in [0.717, 1.165) is 43.6 Å². The van der Waals surface area contributed by atoms with E-state index in [9.17, 15) is 4.79 Å². The maximum absolute atomic E-state index is 11.9. The number of rotatable bonds is 2. The highest BCUT2D eigenvalue weighted by molar-refractivity contribution is 5.88. The summed E-state index contributed by atoms with van der Waals surface area (Å²) in [6.45, 7) is 0.745. The minimum atomic E-state index is -0.396. The molecule has 1 aliphatic heterocycles. The Morgan fingerprint density at radius 3 is 2.88 bits per heavy atom. The second-order valence-electron chi connectivity index (χ2n) is 4.83. The third-order valence-electron chi connectivity index (χ3n) is 4.01. The van der Waals surface area contributed by atoms with Gasteiger partial charge in [0, 0.05) is 6.42 Å². The molecule has 4 heteroatoms. The summed E-state index contributed by atoms with van der Waals surface area (Å²) >= 11 is 0. The molecule has 0 spiro atoms. The molecular weight excluding hydrogens is 216 g/mol. The summed E-state index contributed by atoms with van der Waals surface area (Å²) in [6, 6.07) is 6.08. The van der Waals surface area contributed by atoms with Crippen LogP contribution in [0.25, 0.3) is 0 Å². The van der Waals surface area contributed by atoms with Gasteiger partial charge in [0.1, 0.15) is 5.75 Å². The number of nitrogens with one attached hydrogen (secondary N) is 1. The van der Waals surface area contributed by atoms with E-state index in [1.54, 1.807) is 0 Å². The average molecular weight is 232 g/mol. The molecule has 1 fully saturated rings. The summed E-state index contributed by atoms with van der Waals surface area (Å²) in [4.78, 5) is 11.9. The lowest BCUT2D eigenvalue weighted by molar-refractivity contribution is -0.130. The highest BCUT2D eigenvalue weighted by Gasteiger charge is 2.45. The first-order valence-corrected chi connectivity index (χ1v) is 6.03. The van der Waals surface area contributed by atoms with Crippen LogP contribution in [0.1, 0.15) is 30.4 Å². The van der Waals surface area contributed by atoms with E-state index in [2.05, 4.69) is 11.5 Å². The maximum Gasteiger partial charge on any atom is 0.244 e. The molecule has 1 aliphatic carbocycles. The lowest BCUT2D eigenvalue weighted by Crippen LogP contribution is -2.51. The molecule has 0 bridgehead atoms. The smallest absolute Gasteiger partial charge is 0.244 e. The molecule has 2 aliphatic rings. The first-order chi connectivity index (χ1) is 8.26. The summed E-state index contributed by atoms with van der Waals surface area (Å²) in [5.41, 5.74) is 4.19. The van der Waals surface area contributed by atoms with Crippen LogP contribution in [0, 0.1) is 0 Å². The van der Waals surface area contributed by atoms with Gasteiger partial charge in [0.05, 0.1) is 12.0 Å². The number of hydrogen-bond donors (Lipinski definition) is 2. The zero-order valence-corrected chi connectivity index (χ0v) is 9.66. The Morgan fingerprint density at radius 1 is 1.41 bits per heavy atom. The van der Waals surface area contributed by atoms with Crippen LogP contribution < -0.4 is 16.0 Å². The fourth-order valence-electron chi connectivity index (χ4n) is 2.80. The molecule has 0 aromatic heterocycles. The molecule has 0 unspecified atom stereocenters. The zero-order valence-electron chi connectivity index (χ0n) is 9.66.